The molecule has 0 fully saturated rings. The Kier molecular flexibility index (Phi) is 6.08. The molecule has 0 bridgehead atoms. The quantitative estimate of drug-likeness (QED) is 0.321. The van der Waals surface area contributed by atoms with Gasteiger partial charge in [-0.1, -0.05) is 41.1 Å². The van der Waals surface area contributed by atoms with Gasteiger partial charge in [0.15, 0.2) is 5.69 Å². The molecule has 4 aromatic rings. The van der Waals surface area contributed by atoms with Gasteiger partial charge in [-0.05, 0) is 47.1 Å². The zero-order valence-electron chi connectivity index (χ0n) is 16.8. The fraction of sp³-hybridized carbons (Fsp3) is 0.100. The lowest BCUT2D eigenvalue weighted by Gasteiger charge is -2.08. The number of hydrogen-bond acceptors (Lipinski definition) is 9. The van der Waals surface area contributed by atoms with E-state index < -0.39 is 5.91 Å². The van der Waals surface area contributed by atoms with Crippen molar-refractivity contribution < 1.29 is 14.2 Å². The molecule has 0 atom stereocenters. The second-order valence-corrected chi connectivity index (χ2v) is 6.82. The number of carbonyl (C=O) groups is 1. The highest BCUT2D eigenvalue weighted by Gasteiger charge is 2.25. The predicted octanol–water partition coefficient (Wildman–Crippen LogP) is 2.72. The average Bonchev–Trinajstić information content (AvgIpc) is 3.40. The van der Waals surface area contributed by atoms with Crippen LogP contribution in [0.1, 0.15) is 23.0 Å². The van der Waals surface area contributed by atoms with Gasteiger partial charge in [-0.3, -0.25) is 4.79 Å². The number of nitrogens with one attached hydrogen (secondary N) is 1. The van der Waals surface area contributed by atoms with E-state index >= 15 is 0 Å². The predicted molar refractivity (Wildman–Crippen MR) is 117 cm³/mol. The maximum absolute atomic E-state index is 12.9. The van der Waals surface area contributed by atoms with E-state index in [9.17, 15) is 4.79 Å². The van der Waals surface area contributed by atoms with Crippen molar-refractivity contribution >= 4 is 29.5 Å². The van der Waals surface area contributed by atoms with E-state index in [1.165, 1.54) is 10.9 Å². The van der Waals surface area contributed by atoms with Crippen molar-refractivity contribution in [1.82, 2.24) is 30.7 Å². The van der Waals surface area contributed by atoms with E-state index in [-0.39, 0.29) is 17.3 Å². The molecule has 2 heterocycles. The van der Waals surface area contributed by atoms with Crippen molar-refractivity contribution in [2.45, 2.75) is 6.92 Å². The number of ether oxygens (including phenoxy) is 1. The highest BCUT2D eigenvalue weighted by Crippen LogP contribution is 2.29. The first kappa shape index (κ1) is 21.0. The van der Waals surface area contributed by atoms with Crippen LogP contribution in [-0.2, 0) is 0 Å². The lowest BCUT2D eigenvalue weighted by Crippen LogP contribution is -2.19. The molecule has 11 nitrogen and oxygen atoms in total. The van der Waals surface area contributed by atoms with E-state index in [1.807, 2.05) is 6.92 Å². The second kappa shape index (κ2) is 9.27. The average molecular weight is 453 g/mol. The van der Waals surface area contributed by atoms with Crippen LogP contribution in [0, 0.1) is 0 Å². The van der Waals surface area contributed by atoms with Gasteiger partial charge < -0.3 is 10.5 Å². The van der Waals surface area contributed by atoms with Gasteiger partial charge in [0.2, 0.25) is 11.6 Å². The Labute approximate surface area is 186 Å². The molecule has 0 saturated carbocycles. The maximum atomic E-state index is 12.9. The maximum Gasteiger partial charge on any atom is 0.294 e. The molecular formula is C20H17ClN8O3. The van der Waals surface area contributed by atoms with Gasteiger partial charge in [-0.15, -0.1) is 5.10 Å². The zero-order valence-corrected chi connectivity index (χ0v) is 17.5. The van der Waals surface area contributed by atoms with Gasteiger partial charge >= 0.3 is 0 Å². The van der Waals surface area contributed by atoms with Gasteiger partial charge in [-0.25, -0.2) is 10.1 Å². The van der Waals surface area contributed by atoms with Crippen LogP contribution in [0.4, 0.5) is 5.82 Å². The van der Waals surface area contributed by atoms with E-state index in [2.05, 4.69) is 35.8 Å². The minimum atomic E-state index is -0.596. The van der Waals surface area contributed by atoms with Crippen LogP contribution >= 0.6 is 11.6 Å². The molecule has 0 aliphatic rings. The van der Waals surface area contributed by atoms with Crippen molar-refractivity contribution in [2.24, 2.45) is 5.10 Å². The second-order valence-electron chi connectivity index (χ2n) is 6.39. The standard InChI is InChI=1S/C20H17ClN8O3/c1-2-31-15-8-4-6-13(10-15)17-16(24-28-29(17)19-18(22)26-32-27-19)20(30)25-23-11-12-5-3-7-14(21)9-12/h3-11H,2H2,1H3,(H2,22,26)(H,25,30)/b23-11-. The first-order chi connectivity index (χ1) is 15.6. The summed E-state index contributed by atoms with van der Waals surface area (Å²) < 4.78 is 11.5. The number of rotatable bonds is 7. The smallest absolute Gasteiger partial charge is 0.294 e. The summed E-state index contributed by atoms with van der Waals surface area (Å²) in [6.45, 7) is 2.35. The first-order valence-electron chi connectivity index (χ1n) is 9.43. The van der Waals surface area contributed by atoms with E-state index in [1.54, 1.807) is 48.5 Å². The Bertz CT molecular complexity index is 1280. The monoisotopic (exact) mass is 452 g/mol. The Hall–Kier alpha value is -4.25. The number of hydrazone groups is 1. The molecule has 1 amide bonds. The fourth-order valence-electron chi connectivity index (χ4n) is 2.89. The molecule has 0 aliphatic heterocycles. The molecule has 0 spiro atoms. The van der Waals surface area contributed by atoms with Gasteiger partial charge in [-0.2, -0.15) is 9.78 Å². The molecule has 162 valence electrons. The number of hydrogen-bond donors (Lipinski definition) is 2. The summed E-state index contributed by atoms with van der Waals surface area (Å²) in [5, 5.41) is 19.9. The van der Waals surface area contributed by atoms with Crippen molar-refractivity contribution in [3.05, 3.63) is 64.8 Å². The fourth-order valence-corrected chi connectivity index (χ4v) is 3.08. The van der Waals surface area contributed by atoms with E-state index in [0.29, 0.717) is 34.2 Å². The Morgan fingerprint density at radius 2 is 2.12 bits per heavy atom. The van der Waals surface area contributed by atoms with Crippen LogP contribution in [0.15, 0.2) is 58.3 Å². The minimum absolute atomic E-state index is 0.00991. The van der Waals surface area contributed by atoms with Gasteiger partial charge in [0, 0.05) is 10.6 Å². The molecule has 4 rings (SSSR count). The van der Waals surface area contributed by atoms with Crippen LogP contribution in [0.3, 0.4) is 0 Å². The number of nitrogens with two attached hydrogens (primary N) is 1. The minimum Gasteiger partial charge on any atom is -0.494 e. The summed E-state index contributed by atoms with van der Waals surface area (Å²) in [7, 11) is 0. The number of aromatic nitrogens is 5. The highest BCUT2D eigenvalue weighted by atomic mass is 35.5. The van der Waals surface area contributed by atoms with Crippen molar-refractivity contribution in [1.29, 1.82) is 0 Å². The highest BCUT2D eigenvalue weighted by molar-refractivity contribution is 6.30. The summed E-state index contributed by atoms with van der Waals surface area (Å²) in [6, 6.07) is 14.1. The zero-order chi connectivity index (χ0) is 22.5. The number of benzene rings is 2. The van der Waals surface area contributed by atoms with Crippen molar-refractivity contribution in [3.63, 3.8) is 0 Å². The molecule has 3 N–H and O–H groups in total. The summed E-state index contributed by atoms with van der Waals surface area (Å²) in [5.41, 5.74) is 9.87. The molecule has 0 aliphatic carbocycles. The first-order valence-corrected chi connectivity index (χ1v) is 9.81. The largest absolute Gasteiger partial charge is 0.494 e. The number of halogens is 1. The van der Waals surface area contributed by atoms with Gasteiger partial charge in [0.1, 0.15) is 11.4 Å². The van der Waals surface area contributed by atoms with Gasteiger partial charge in [0.05, 0.1) is 12.8 Å². The summed E-state index contributed by atoms with van der Waals surface area (Å²) in [6.07, 6.45) is 1.46. The number of amides is 1. The Balaban J connectivity index is 1.70. The van der Waals surface area contributed by atoms with Crippen LogP contribution in [0.5, 0.6) is 5.75 Å². The van der Waals surface area contributed by atoms with Crippen LogP contribution in [0.2, 0.25) is 5.02 Å². The van der Waals surface area contributed by atoms with Gasteiger partial charge in [0.25, 0.3) is 5.91 Å². The summed E-state index contributed by atoms with van der Waals surface area (Å²) in [4.78, 5) is 12.9. The van der Waals surface area contributed by atoms with Crippen molar-refractivity contribution in [2.75, 3.05) is 12.3 Å². The Morgan fingerprint density at radius 3 is 2.88 bits per heavy atom. The molecule has 2 aromatic heterocycles. The lowest BCUT2D eigenvalue weighted by atomic mass is 10.1. The number of anilines is 1. The van der Waals surface area contributed by atoms with E-state index in [0.717, 1.165) is 0 Å². The summed E-state index contributed by atoms with van der Waals surface area (Å²) >= 11 is 5.96. The summed E-state index contributed by atoms with van der Waals surface area (Å²) in [5.74, 6) is 0.0922. The van der Waals surface area contributed by atoms with Crippen LogP contribution < -0.4 is 15.9 Å². The number of nitrogens with zero attached hydrogens (tertiary/aromatic N) is 6. The normalized spacial score (nSPS) is 11.1. The van der Waals surface area contributed by atoms with Crippen LogP contribution in [0.25, 0.3) is 17.1 Å². The Morgan fingerprint density at radius 1 is 1.28 bits per heavy atom. The molecule has 0 saturated heterocycles. The molecular weight excluding hydrogens is 436 g/mol. The molecule has 0 radical (unpaired) electrons. The molecule has 32 heavy (non-hydrogen) atoms. The van der Waals surface area contributed by atoms with E-state index in [4.69, 9.17) is 22.1 Å². The molecule has 0 unspecified atom stereocenters. The van der Waals surface area contributed by atoms with Crippen LogP contribution in [-0.4, -0.2) is 44.0 Å². The van der Waals surface area contributed by atoms with Crippen molar-refractivity contribution in [3.8, 4) is 22.8 Å². The third kappa shape index (κ3) is 4.42. The third-order valence-electron chi connectivity index (χ3n) is 4.23. The SMILES string of the molecule is CCOc1cccc(-c2c(C(=O)N/N=C\c3cccc(Cl)c3)nnn2-c2nonc2N)c1. The number of carbonyl (C=O) groups excluding carboxylic acids is 1. The topological polar surface area (TPSA) is 146 Å². The molecule has 2 aromatic carbocycles. The number of nitrogen functional groups attached to an aromatic ring is 1. The molecule has 12 heteroatoms. The lowest BCUT2D eigenvalue weighted by molar-refractivity contribution is 0.0950. The third-order valence-corrected chi connectivity index (χ3v) is 4.46.